The van der Waals surface area contributed by atoms with Gasteiger partial charge in [-0.2, -0.15) is 0 Å². The summed E-state index contributed by atoms with van der Waals surface area (Å²) in [5.41, 5.74) is 1.07. The summed E-state index contributed by atoms with van der Waals surface area (Å²) < 4.78 is 21.7. The number of rotatable bonds is 8. The summed E-state index contributed by atoms with van der Waals surface area (Å²) in [5.74, 6) is 0.626. The molecular weight excluding hydrogens is 538 g/mol. The predicted molar refractivity (Wildman–Crippen MR) is 137 cm³/mol. The van der Waals surface area contributed by atoms with E-state index < -0.39 is 11.1 Å². The van der Waals surface area contributed by atoms with Gasteiger partial charge in [-0.1, -0.05) is 11.6 Å². The SMILES string of the molecule is COC(=O)[C@H]1CCC[C@H](Oc2cnc(-c3sc(Cl)cc3COC(=O)Oc3ccc([N+](=O)[O-])cc3)nc2C)C1. The number of nitro groups is 1. The van der Waals surface area contributed by atoms with E-state index >= 15 is 0 Å². The highest BCUT2D eigenvalue weighted by molar-refractivity contribution is 7.19. The molecule has 0 spiro atoms. The van der Waals surface area contributed by atoms with Crippen LogP contribution in [0.3, 0.4) is 0 Å². The number of carbonyl (C=O) groups is 2. The highest BCUT2D eigenvalue weighted by Gasteiger charge is 2.29. The van der Waals surface area contributed by atoms with Crippen molar-refractivity contribution >= 4 is 40.7 Å². The lowest BCUT2D eigenvalue weighted by molar-refractivity contribution is -0.384. The van der Waals surface area contributed by atoms with Crippen LogP contribution in [-0.4, -0.2) is 40.2 Å². The van der Waals surface area contributed by atoms with Crippen molar-refractivity contribution in [3.63, 3.8) is 0 Å². The fourth-order valence-corrected chi connectivity index (χ4v) is 5.28. The second-order valence-corrected chi connectivity index (χ2v) is 10.2. The van der Waals surface area contributed by atoms with Crippen LogP contribution in [0.2, 0.25) is 4.34 Å². The van der Waals surface area contributed by atoms with Crippen molar-refractivity contribution in [2.75, 3.05) is 7.11 Å². The number of aryl methyl sites for hydroxylation is 1. The lowest BCUT2D eigenvalue weighted by Crippen LogP contribution is -2.30. The van der Waals surface area contributed by atoms with E-state index in [4.69, 9.17) is 30.5 Å². The number of aromatic nitrogens is 2. The minimum absolute atomic E-state index is 0.106. The summed E-state index contributed by atoms with van der Waals surface area (Å²) in [6, 6.07) is 6.69. The average Bonchev–Trinajstić information content (AvgIpc) is 3.29. The molecule has 13 heteroatoms. The first kappa shape index (κ1) is 27.3. The fraction of sp³-hybridized carbons (Fsp3) is 0.360. The van der Waals surface area contributed by atoms with E-state index in [0.717, 1.165) is 19.3 Å². The van der Waals surface area contributed by atoms with Crippen LogP contribution < -0.4 is 9.47 Å². The molecule has 4 rings (SSSR count). The third-order valence-corrected chi connectivity index (χ3v) is 7.27. The summed E-state index contributed by atoms with van der Waals surface area (Å²) in [6.45, 7) is 1.65. The summed E-state index contributed by atoms with van der Waals surface area (Å²) in [6.07, 6.45) is 3.52. The molecule has 1 saturated carbocycles. The van der Waals surface area contributed by atoms with E-state index in [2.05, 4.69) is 9.97 Å². The first-order valence-corrected chi connectivity index (χ1v) is 12.9. The molecule has 1 aliphatic carbocycles. The Morgan fingerprint density at radius 2 is 2.00 bits per heavy atom. The van der Waals surface area contributed by atoms with Crippen LogP contribution >= 0.6 is 22.9 Å². The van der Waals surface area contributed by atoms with Gasteiger partial charge in [-0.15, -0.1) is 11.3 Å². The Labute approximate surface area is 226 Å². The zero-order valence-electron chi connectivity index (χ0n) is 20.5. The largest absolute Gasteiger partial charge is 0.514 e. The van der Waals surface area contributed by atoms with Crippen molar-refractivity contribution < 1.29 is 33.5 Å². The van der Waals surface area contributed by atoms with E-state index in [-0.39, 0.29) is 36.0 Å². The Hall–Kier alpha value is -3.77. The van der Waals surface area contributed by atoms with Crippen LogP contribution in [0.15, 0.2) is 36.5 Å². The maximum absolute atomic E-state index is 12.1. The van der Waals surface area contributed by atoms with Crippen LogP contribution in [0.25, 0.3) is 10.7 Å². The van der Waals surface area contributed by atoms with Gasteiger partial charge in [0.2, 0.25) is 0 Å². The van der Waals surface area contributed by atoms with Crippen molar-refractivity contribution in [2.24, 2.45) is 5.92 Å². The average molecular weight is 562 g/mol. The molecule has 1 fully saturated rings. The molecular formula is C25H24ClN3O8S. The van der Waals surface area contributed by atoms with E-state index in [1.807, 2.05) is 0 Å². The fourth-order valence-electron chi connectivity index (χ4n) is 4.08. The number of benzene rings is 1. The Morgan fingerprint density at radius 1 is 1.24 bits per heavy atom. The number of ether oxygens (including phenoxy) is 4. The molecule has 0 bridgehead atoms. The predicted octanol–water partition coefficient (Wildman–Crippen LogP) is 5.90. The minimum Gasteiger partial charge on any atom is -0.487 e. The van der Waals surface area contributed by atoms with Gasteiger partial charge in [0, 0.05) is 17.7 Å². The molecule has 2 heterocycles. The molecule has 2 atom stereocenters. The first-order valence-electron chi connectivity index (χ1n) is 11.7. The summed E-state index contributed by atoms with van der Waals surface area (Å²) in [5, 5.41) is 10.7. The highest BCUT2D eigenvalue weighted by Crippen LogP contribution is 2.36. The van der Waals surface area contributed by atoms with Gasteiger partial charge in [-0.25, -0.2) is 14.8 Å². The second kappa shape index (κ2) is 12.2. The van der Waals surface area contributed by atoms with E-state index in [1.54, 1.807) is 19.2 Å². The number of nitrogens with zero attached hydrogens (tertiary/aromatic N) is 3. The third-order valence-electron chi connectivity index (χ3n) is 5.96. The Balaban J connectivity index is 1.39. The van der Waals surface area contributed by atoms with Crippen LogP contribution in [0, 0.1) is 23.0 Å². The topological polar surface area (TPSA) is 140 Å². The van der Waals surface area contributed by atoms with Gasteiger partial charge in [-0.05, 0) is 50.8 Å². The van der Waals surface area contributed by atoms with Gasteiger partial charge in [0.1, 0.15) is 12.4 Å². The van der Waals surface area contributed by atoms with Gasteiger partial charge in [0.05, 0.1) is 45.2 Å². The Kier molecular flexibility index (Phi) is 8.74. The molecule has 3 aromatic rings. The van der Waals surface area contributed by atoms with Crippen LogP contribution in [0.4, 0.5) is 10.5 Å². The number of nitro benzene ring substituents is 1. The zero-order valence-corrected chi connectivity index (χ0v) is 22.1. The monoisotopic (exact) mass is 561 g/mol. The lowest BCUT2D eigenvalue weighted by Gasteiger charge is -2.28. The number of halogens is 1. The molecule has 0 unspecified atom stereocenters. The van der Waals surface area contributed by atoms with Crippen molar-refractivity contribution in [1.29, 1.82) is 0 Å². The lowest BCUT2D eigenvalue weighted by atomic mass is 9.87. The molecule has 2 aromatic heterocycles. The van der Waals surface area contributed by atoms with Gasteiger partial charge in [0.15, 0.2) is 11.6 Å². The normalized spacial score (nSPS) is 16.9. The molecule has 0 N–H and O–H groups in total. The van der Waals surface area contributed by atoms with Gasteiger partial charge >= 0.3 is 12.1 Å². The summed E-state index contributed by atoms with van der Waals surface area (Å²) in [4.78, 5) is 43.9. The van der Waals surface area contributed by atoms with Crippen LogP contribution in [-0.2, 0) is 20.9 Å². The maximum Gasteiger partial charge on any atom is 0.514 e. The quantitative estimate of drug-likeness (QED) is 0.141. The molecule has 1 aliphatic rings. The van der Waals surface area contributed by atoms with Crippen molar-refractivity contribution in [3.05, 3.63) is 62.2 Å². The van der Waals surface area contributed by atoms with E-state index in [0.29, 0.717) is 38.5 Å². The Morgan fingerprint density at radius 3 is 2.68 bits per heavy atom. The second-order valence-electron chi connectivity index (χ2n) is 8.57. The standard InChI is InChI=1S/C25H24ClN3O8S/c1-14-20(36-19-5-3-4-15(10-19)24(30)34-2)12-27-23(28-14)22-16(11-21(26)38-22)13-35-25(31)37-18-8-6-17(7-9-18)29(32)33/h6-9,11-12,15,19H,3-5,10,13H2,1-2H3/t15-,19-/m0/s1. The summed E-state index contributed by atoms with van der Waals surface area (Å²) >= 11 is 7.46. The maximum atomic E-state index is 12.1. The van der Waals surface area contributed by atoms with Crippen molar-refractivity contribution in [3.8, 4) is 22.2 Å². The van der Waals surface area contributed by atoms with E-state index in [1.165, 1.54) is 42.7 Å². The first-order chi connectivity index (χ1) is 18.2. The minimum atomic E-state index is -0.981. The Bertz CT molecular complexity index is 1330. The number of methoxy groups -OCH3 is 1. The van der Waals surface area contributed by atoms with Gasteiger partial charge in [0.25, 0.3) is 5.69 Å². The number of esters is 1. The third kappa shape index (κ3) is 6.75. The number of hydrogen-bond donors (Lipinski definition) is 0. The number of hydrogen-bond acceptors (Lipinski definition) is 11. The smallest absolute Gasteiger partial charge is 0.487 e. The van der Waals surface area contributed by atoms with Crippen LogP contribution in [0.5, 0.6) is 11.5 Å². The van der Waals surface area contributed by atoms with Gasteiger partial charge in [-0.3, -0.25) is 14.9 Å². The molecule has 0 radical (unpaired) electrons. The number of non-ortho nitro benzene ring substituents is 1. The summed E-state index contributed by atoms with van der Waals surface area (Å²) in [7, 11) is 1.39. The molecule has 0 amide bonds. The molecule has 1 aromatic carbocycles. The number of thiophene rings is 1. The highest BCUT2D eigenvalue weighted by atomic mass is 35.5. The van der Waals surface area contributed by atoms with E-state index in [9.17, 15) is 19.7 Å². The molecule has 0 aliphatic heterocycles. The number of carbonyl (C=O) groups excluding carboxylic acids is 2. The molecule has 200 valence electrons. The van der Waals surface area contributed by atoms with Crippen molar-refractivity contribution in [2.45, 2.75) is 45.3 Å². The van der Waals surface area contributed by atoms with Crippen molar-refractivity contribution in [1.82, 2.24) is 9.97 Å². The molecule has 38 heavy (non-hydrogen) atoms. The van der Waals surface area contributed by atoms with Gasteiger partial charge < -0.3 is 18.9 Å². The molecule has 0 saturated heterocycles. The zero-order chi connectivity index (χ0) is 27.2. The van der Waals surface area contributed by atoms with Crippen LogP contribution in [0.1, 0.15) is 36.9 Å². The molecule has 11 nitrogen and oxygen atoms in total.